The zero-order valence-electron chi connectivity index (χ0n) is 15.6. The fourth-order valence-electron chi connectivity index (χ4n) is 2.23. The number of benzene rings is 1. The van der Waals surface area contributed by atoms with E-state index in [2.05, 4.69) is 16.4 Å². The van der Waals surface area contributed by atoms with Gasteiger partial charge in [0.1, 0.15) is 11.3 Å². The van der Waals surface area contributed by atoms with Gasteiger partial charge in [0, 0.05) is 25.0 Å². The van der Waals surface area contributed by atoms with Crippen molar-refractivity contribution in [3.05, 3.63) is 48.7 Å². The van der Waals surface area contributed by atoms with Crippen molar-refractivity contribution >= 4 is 11.6 Å². The summed E-state index contributed by atoms with van der Waals surface area (Å²) in [7, 11) is 1.83. The number of likely N-dealkylation sites (N-methyl/N-ethyl adjacent to an activating group) is 1. The largest absolute Gasteiger partial charge is 0.439 e. The van der Waals surface area contributed by atoms with Gasteiger partial charge in [0.05, 0.1) is 12.6 Å². The average Bonchev–Trinajstić information content (AvgIpc) is 2.62. The topological polar surface area (TPSA) is 78.2 Å². The quantitative estimate of drug-likeness (QED) is 0.826. The molecule has 2 rings (SSSR count). The van der Waals surface area contributed by atoms with E-state index in [4.69, 9.17) is 4.74 Å². The summed E-state index contributed by atoms with van der Waals surface area (Å²) in [5, 5.41) is 12.1. The molecule has 26 heavy (non-hydrogen) atoms. The summed E-state index contributed by atoms with van der Waals surface area (Å²) in [6, 6.07) is 15.0. The zero-order valence-corrected chi connectivity index (χ0v) is 15.6. The van der Waals surface area contributed by atoms with Crippen LogP contribution in [0.2, 0.25) is 0 Å². The van der Waals surface area contributed by atoms with Gasteiger partial charge < -0.3 is 15.0 Å². The molecule has 1 unspecified atom stereocenters. The van der Waals surface area contributed by atoms with E-state index in [1.54, 1.807) is 19.2 Å². The fraction of sp³-hybridized carbons (Fsp3) is 0.350. The van der Waals surface area contributed by atoms with Crippen LogP contribution in [0.4, 0.5) is 5.69 Å². The van der Waals surface area contributed by atoms with Crippen molar-refractivity contribution in [2.45, 2.75) is 26.3 Å². The highest BCUT2D eigenvalue weighted by atomic mass is 16.5. The molecule has 1 N–H and O–H groups in total. The molecule has 1 aromatic heterocycles. The molecule has 0 radical (unpaired) electrons. The zero-order chi connectivity index (χ0) is 19.2. The third kappa shape index (κ3) is 4.96. The van der Waals surface area contributed by atoms with Crippen molar-refractivity contribution in [2.75, 3.05) is 18.5 Å². The highest BCUT2D eigenvalue weighted by molar-refractivity contribution is 5.82. The summed E-state index contributed by atoms with van der Waals surface area (Å²) in [4.78, 5) is 18.2. The van der Waals surface area contributed by atoms with Crippen LogP contribution in [0.15, 0.2) is 48.7 Å². The summed E-state index contributed by atoms with van der Waals surface area (Å²) in [6.45, 7) is 5.71. The van der Waals surface area contributed by atoms with Crippen molar-refractivity contribution in [1.82, 2.24) is 10.3 Å². The summed E-state index contributed by atoms with van der Waals surface area (Å²) in [5.74, 6) is 1.02. The second-order valence-corrected chi connectivity index (χ2v) is 6.64. The summed E-state index contributed by atoms with van der Waals surface area (Å²) >= 11 is 0. The molecule has 0 spiro atoms. The van der Waals surface area contributed by atoms with Crippen molar-refractivity contribution in [3.8, 4) is 17.7 Å². The molecule has 0 bridgehead atoms. The number of aromatic nitrogens is 1. The predicted molar refractivity (Wildman–Crippen MR) is 101 cm³/mol. The van der Waals surface area contributed by atoms with Crippen LogP contribution < -0.4 is 15.0 Å². The number of nitrogens with one attached hydrogen (secondary N) is 1. The van der Waals surface area contributed by atoms with Crippen LogP contribution in [0.5, 0.6) is 11.6 Å². The Morgan fingerprint density at radius 3 is 2.54 bits per heavy atom. The monoisotopic (exact) mass is 352 g/mol. The Morgan fingerprint density at radius 2 is 2.00 bits per heavy atom. The van der Waals surface area contributed by atoms with E-state index < -0.39 is 5.54 Å². The lowest BCUT2D eigenvalue weighted by molar-refractivity contribution is -0.121. The molecule has 0 aliphatic rings. The minimum atomic E-state index is -0.877. The Hall–Kier alpha value is -3.07. The molecule has 1 atom stereocenters. The normalized spacial score (nSPS) is 12.8. The second-order valence-electron chi connectivity index (χ2n) is 6.64. The maximum Gasteiger partial charge on any atom is 0.240 e. The number of nitrogens with zero attached hydrogens (tertiary/aromatic N) is 3. The van der Waals surface area contributed by atoms with E-state index in [1.807, 2.05) is 62.2 Å². The number of amides is 1. The number of pyridine rings is 1. The number of hydrogen-bond donors (Lipinski definition) is 1. The number of anilines is 1. The molecule has 136 valence electrons. The van der Waals surface area contributed by atoms with Gasteiger partial charge in [0.25, 0.3) is 0 Å². The Balaban J connectivity index is 1.96. The lowest BCUT2D eigenvalue weighted by Crippen LogP contribution is -2.51. The number of hydrogen-bond acceptors (Lipinski definition) is 5. The molecule has 6 nitrogen and oxygen atoms in total. The van der Waals surface area contributed by atoms with Crippen molar-refractivity contribution < 1.29 is 9.53 Å². The second kappa shape index (κ2) is 8.34. The fourth-order valence-corrected chi connectivity index (χ4v) is 2.23. The summed E-state index contributed by atoms with van der Waals surface area (Å²) in [5.41, 5.74) is -0.00471. The van der Waals surface area contributed by atoms with Crippen molar-refractivity contribution in [1.29, 1.82) is 5.26 Å². The highest BCUT2D eigenvalue weighted by Gasteiger charge is 2.30. The van der Waals surface area contributed by atoms with Crippen LogP contribution >= 0.6 is 0 Å². The van der Waals surface area contributed by atoms with Gasteiger partial charge in [-0.1, -0.05) is 19.9 Å². The van der Waals surface area contributed by atoms with E-state index in [-0.39, 0.29) is 18.4 Å². The van der Waals surface area contributed by atoms with E-state index in [9.17, 15) is 10.1 Å². The van der Waals surface area contributed by atoms with Crippen molar-refractivity contribution in [2.24, 2.45) is 5.92 Å². The first kappa shape index (κ1) is 19.3. The van der Waals surface area contributed by atoms with E-state index >= 15 is 0 Å². The summed E-state index contributed by atoms with van der Waals surface area (Å²) in [6.07, 6.45) is 1.67. The highest BCUT2D eigenvalue weighted by Crippen LogP contribution is 2.22. The molecule has 0 saturated carbocycles. The van der Waals surface area contributed by atoms with Crippen LogP contribution in [0, 0.1) is 17.2 Å². The lowest BCUT2D eigenvalue weighted by Gasteiger charge is -2.28. The molecule has 2 aromatic rings. The first-order valence-corrected chi connectivity index (χ1v) is 8.46. The maximum absolute atomic E-state index is 12.3. The van der Waals surface area contributed by atoms with Crippen molar-refractivity contribution in [3.63, 3.8) is 0 Å². The number of carbonyl (C=O) groups is 1. The molecule has 0 aliphatic heterocycles. The van der Waals surface area contributed by atoms with Crippen LogP contribution in [-0.2, 0) is 4.79 Å². The Bertz CT molecular complexity index is 769. The van der Waals surface area contributed by atoms with Crippen LogP contribution in [-0.4, -0.2) is 30.0 Å². The first-order chi connectivity index (χ1) is 12.3. The van der Waals surface area contributed by atoms with Gasteiger partial charge in [-0.25, -0.2) is 4.98 Å². The smallest absolute Gasteiger partial charge is 0.240 e. The van der Waals surface area contributed by atoms with Crippen LogP contribution in [0.1, 0.15) is 20.8 Å². The molecule has 1 heterocycles. The number of nitriles is 1. The third-order valence-electron chi connectivity index (χ3n) is 4.30. The van der Waals surface area contributed by atoms with E-state index in [0.29, 0.717) is 11.6 Å². The molecule has 0 fully saturated rings. The Kier molecular flexibility index (Phi) is 6.18. The van der Waals surface area contributed by atoms with Gasteiger partial charge in [0.2, 0.25) is 11.8 Å². The van der Waals surface area contributed by atoms with Gasteiger partial charge in [-0.3, -0.25) is 4.79 Å². The molecular formula is C20H24N4O2. The average molecular weight is 352 g/mol. The van der Waals surface area contributed by atoms with Gasteiger partial charge in [-0.15, -0.1) is 0 Å². The number of ether oxygens (including phenoxy) is 1. The lowest BCUT2D eigenvalue weighted by atomic mass is 9.90. The Labute approximate surface area is 154 Å². The van der Waals surface area contributed by atoms with E-state index in [1.165, 1.54) is 0 Å². The van der Waals surface area contributed by atoms with Crippen LogP contribution in [0.3, 0.4) is 0 Å². The third-order valence-corrected chi connectivity index (χ3v) is 4.30. The molecule has 0 saturated heterocycles. The number of carbonyl (C=O) groups excluding carboxylic acids is 1. The minimum Gasteiger partial charge on any atom is -0.439 e. The molecule has 0 aliphatic carbocycles. The standard InChI is InChI=1S/C20H24N4O2/c1-15(2)20(3,14-21)23-18(25)13-24(4)16-8-10-17(11-9-16)26-19-7-5-6-12-22-19/h5-12,15H,13H2,1-4H3,(H,23,25). The minimum absolute atomic E-state index is 0.0183. The maximum atomic E-state index is 12.3. The van der Waals surface area contributed by atoms with Gasteiger partial charge in [-0.05, 0) is 43.2 Å². The van der Waals surface area contributed by atoms with Gasteiger partial charge >= 0.3 is 0 Å². The first-order valence-electron chi connectivity index (χ1n) is 8.46. The molecule has 1 amide bonds. The molecule has 1 aromatic carbocycles. The van der Waals surface area contributed by atoms with Crippen LogP contribution in [0.25, 0.3) is 0 Å². The SMILES string of the molecule is CC(C)C(C)(C#N)NC(=O)CN(C)c1ccc(Oc2ccccn2)cc1. The number of rotatable bonds is 7. The molecule has 6 heteroatoms. The van der Waals surface area contributed by atoms with Gasteiger partial charge in [-0.2, -0.15) is 5.26 Å². The predicted octanol–water partition coefficient (Wildman–Crippen LogP) is 3.36. The Morgan fingerprint density at radius 1 is 1.31 bits per heavy atom. The summed E-state index contributed by atoms with van der Waals surface area (Å²) < 4.78 is 5.66. The van der Waals surface area contributed by atoms with Gasteiger partial charge in [0.15, 0.2) is 0 Å². The van der Waals surface area contributed by atoms with E-state index in [0.717, 1.165) is 5.69 Å². The molecular weight excluding hydrogens is 328 g/mol.